The lowest BCUT2D eigenvalue weighted by Gasteiger charge is -2.40. The van der Waals surface area contributed by atoms with Crippen LogP contribution in [0.4, 0.5) is 0 Å². The van der Waals surface area contributed by atoms with E-state index in [-0.39, 0.29) is 5.25 Å². The molecule has 0 radical (unpaired) electrons. The number of hydrogen-bond donors (Lipinski definition) is 1. The zero-order valence-corrected chi connectivity index (χ0v) is 13.2. The standard InChI is InChI=1S/C13H26N2O4S/c1-14(2)20(17,18)12-4-3-7-15(10-12)11-13(16)5-8-19-9-6-13/h12,16H,3-11H2,1-2H3. The third-order valence-electron chi connectivity index (χ3n) is 4.33. The maximum Gasteiger partial charge on any atom is 0.217 e. The van der Waals surface area contributed by atoms with Crippen molar-refractivity contribution in [1.82, 2.24) is 9.21 Å². The lowest BCUT2D eigenvalue weighted by molar-refractivity contribution is -0.0814. The predicted octanol–water partition coefficient (Wildman–Crippen LogP) is -0.116. The summed E-state index contributed by atoms with van der Waals surface area (Å²) in [5, 5.41) is 10.2. The summed E-state index contributed by atoms with van der Waals surface area (Å²) in [5.74, 6) is 0. The van der Waals surface area contributed by atoms with Crippen LogP contribution in [0.25, 0.3) is 0 Å². The quantitative estimate of drug-likeness (QED) is 0.784. The van der Waals surface area contributed by atoms with Gasteiger partial charge >= 0.3 is 0 Å². The van der Waals surface area contributed by atoms with Crippen LogP contribution in [0.3, 0.4) is 0 Å². The van der Waals surface area contributed by atoms with Gasteiger partial charge < -0.3 is 9.84 Å². The molecule has 2 rings (SSSR count). The van der Waals surface area contributed by atoms with Crippen LogP contribution in [0.5, 0.6) is 0 Å². The van der Waals surface area contributed by atoms with Gasteiger partial charge in [-0.15, -0.1) is 0 Å². The second-order valence-electron chi connectivity index (χ2n) is 6.16. The molecule has 0 amide bonds. The molecule has 1 atom stereocenters. The molecule has 0 saturated carbocycles. The van der Waals surface area contributed by atoms with Crippen molar-refractivity contribution >= 4 is 10.0 Å². The first kappa shape index (κ1) is 16.2. The topological polar surface area (TPSA) is 70.1 Å². The smallest absolute Gasteiger partial charge is 0.217 e. The Balaban J connectivity index is 1.97. The van der Waals surface area contributed by atoms with Gasteiger partial charge in [-0.25, -0.2) is 12.7 Å². The van der Waals surface area contributed by atoms with E-state index in [0.29, 0.717) is 45.6 Å². The number of aliphatic hydroxyl groups is 1. The summed E-state index contributed by atoms with van der Waals surface area (Å²) in [6.07, 6.45) is 2.84. The summed E-state index contributed by atoms with van der Waals surface area (Å²) in [5.41, 5.74) is -0.720. The molecule has 118 valence electrons. The molecule has 0 aliphatic carbocycles. The first-order chi connectivity index (χ1) is 9.33. The molecule has 0 bridgehead atoms. The van der Waals surface area contributed by atoms with Gasteiger partial charge in [-0.05, 0) is 19.4 Å². The number of rotatable bonds is 4. The molecule has 6 nitrogen and oxygen atoms in total. The van der Waals surface area contributed by atoms with Crippen molar-refractivity contribution in [2.24, 2.45) is 0 Å². The first-order valence-electron chi connectivity index (χ1n) is 7.27. The maximum absolute atomic E-state index is 12.2. The van der Waals surface area contributed by atoms with E-state index in [1.54, 1.807) is 14.1 Å². The number of piperidine rings is 1. The fourth-order valence-electron chi connectivity index (χ4n) is 3.02. The zero-order chi connectivity index (χ0) is 14.8. The van der Waals surface area contributed by atoms with Crippen LogP contribution in [0.2, 0.25) is 0 Å². The zero-order valence-electron chi connectivity index (χ0n) is 12.4. The van der Waals surface area contributed by atoms with Crippen LogP contribution in [0.1, 0.15) is 25.7 Å². The van der Waals surface area contributed by atoms with Gasteiger partial charge in [-0.3, -0.25) is 4.90 Å². The highest BCUT2D eigenvalue weighted by Crippen LogP contribution is 2.25. The Morgan fingerprint density at radius 3 is 2.60 bits per heavy atom. The van der Waals surface area contributed by atoms with Gasteiger partial charge in [0, 0.05) is 53.2 Å². The van der Waals surface area contributed by atoms with Gasteiger partial charge in [0.25, 0.3) is 0 Å². The van der Waals surface area contributed by atoms with Crippen LogP contribution in [-0.2, 0) is 14.8 Å². The Morgan fingerprint density at radius 1 is 1.35 bits per heavy atom. The molecule has 2 heterocycles. The summed E-state index contributed by atoms with van der Waals surface area (Å²) in [4.78, 5) is 2.10. The fourth-order valence-corrected chi connectivity index (χ4v) is 4.48. The van der Waals surface area contributed by atoms with Gasteiger partial charge in [0.1, 0.15) is 0 Å². The minimum Gasteiger partial charge on any atom is -0.388 e. The summed E-state index contributed by atoms with van der Waals surface area (Å²) in [7, 11) is -0.0409. The minimum atomic E-state index is -3.21. The highest BCUT2D eigenvalue weighted by atomic mass is 32.2. The predicted molar refractivity (Wildman–Crippen MR) is 77.1 cm³/mol. The van der Waals surface area contributed by atoms with E-state index < -0.39 is 15.6 Å². The van der Waals surface area contributed by atoms with Crippen molar-refractivity contribution in [2.75, 3.05) is 46.9 Å². The number of β-amino-alcohol motifs (C(OH)–C–C–N with tert-alkyl or cyclic N) is 1. The Labute approximate surface area is 121 Å². The molecule has 0 aromatic heterocycles. The summed E-state index contributed by atoms with van der Waals surface area (Å²) in [6.45, 7) is 3.11. The van der Waals surface area contributed by atoms with Gasteiger partial charge in [0.2, 0.25) is 10.0 Å². The molecule has 20 heavy (non-hydrogen) atoms. The van der Waals surface area contributed by atoms with E-state index in [9.17, 15) is 13.5 Å². The molecule has 0 aromatic rings. The average Bonchev–Trinajstić information content (AvgIpc) is 2.39. The highest BCUT2D eigenvalue weighted by Gasteiger charge is 2.37. The Bertz CT molecular complexity index is 418. The SMILES string of the molecule is CN(C)S(=O)(=O)C1CCCN(CC2(O)CCOCC2)C1. The van der Waals surface area contributed by atoms with Gasteiger partial charge in [-0.2, -0.15) is 0 Å². The molecule has 2 fully saturated rings. The number of sulfonamides is 1. The molecular formula is C13H26N2O4S. The first-order valence-corrected chi connectivity index (χ1v) is 8.78. The maximum atomic E-state index is 12.2. The van der Waals surface area contributed by atoms with Crippen LogP contribution < -0.4 is 0 Å². The molecule has 7 heteroatoms. The lowest BCUT2D eigenvalue weighted by atomic mass is 9.93. The third kappa shape index (κ3) is 3.71. The summed E-state index contributed by atoms with van der Waals surface area (Å²) in [6, 6.07) is 0. The molecule has 1 N–H and O–H groups in total. The van der Waals surface area contributed by atoms with E-state index in [1.807, 2.05) is 0 Å². The number of ether oxygens (including phenoxy) is 1. The van der Waals surface area contributed by atoms with E-state index >= 15 is 0 Å². The normalized spacial score (nSPS) is 28.7. The molecular weight excluding hydrogens is 280 g/mol. The van der Waals surface area contributed by atoms with Crippen molar-refractivity contribution in [3.05, 3.63) is 0 Å². The molecule has 0 aromatic carbocycles. The third-order valence-corrected chi connectivity index (χ3v) is 6.58. The molecule has 1 unspecified atom stereocenters. The van der Waals surface area contributed by atoms with Crippen molar-refractivity contribution < 1.29 is 18.3 Å². The van der Waals surface area contributed by atoms with Gasteiger partial charge in [0.05, 0.1) is 10.9 Å². The second kappa shape index (κ2) is 6.27. The summed E-state index contributed by atoms with van der Waals surface area (Å²) >= 11 is 0. The fraction of sp³-hybridized carbons (Fsp3) is 1.00. The average molecular weight is 306 g/mol. The lowest BCUT2D eigenvalue weighted by Crippen LogP contribution is -2.52. The Morgan fingerprint density at radius 2 is 2.00 bits per heavy atom. The monoisotopic (exact) mass is 306 g/mol. The number of likely N-dealkylation sites (tertiary alicyclic amines) is 1. The van der Waals surface area contributed by atoms with E-state index in [4.69, 9.17) is 4.74 Å². The van der Waals surface area contributed by atoms with Crippen molar-refractivity contribution in [1.29, 1.82) is 0 Å². The number of hydrogen-bond acceptors (Lipinski definition) is 5. The molecule has 2 saturated heterocycles. The molecule has 0 spiro atoms. The van der Waals surface area contributed by atoms with Crippen LogP contribution >= 0.6 is 0 Å². The Hall–Kier alpha value is -0.210. The Kier molecular flexibility index (Phi) is 5.07. The largest absolute Gasteiger partial charge is 0.388 e. The molecule has 2 aliphatic heterocycles. The van der Waals surface area contributed by atoms with Crippen LogP contribution in [0, 0.1) is 0 Å². The second-order valence-corrected chi connectivity index (χ2v) is 8.59. The van der Waals surface area contributed by atoms with Crippen LogP contribution in [-0.4, -0.2) is 80.5 Å². The van der Waals surface area contributed by atoms with E-state index in [2.05, 4.69) is 4.90 Å². The van der Waals surface area contributed by atoms with E-state index in [1.165, 1.54) is 4.31 Å². The van der Waals surface area contributed by atoms with Crippen molar-refractivity contribution in [3.8, 4) is 0 Å². The minimum absolute atomic E-state index is 0.352. The van der Waals surface area contributed by atoms with Crippen LogP contribution in [0.15, 0.2) is 0 Å². The number of nitrogens with zero attached hydrogens (tertiary/aromatic N) is 2. The highest BCUT2D eigenvalue weighted by molar-refractivity contribution is 7.89. The molecule has 2 aliphatic rings. The summed E-state index contributed by atoms with van der Waals surface area (Å²) < 4.78 is 31.0. The van der Waals surface area contributed by atoms with Crippen molar-refractivity contribution in [2.45, 2.75) is 36.5 Å². The van der Waals surface area contributed by atoms with E-state index in [0.717, 1.165) is 13.0 Å². The van der Waals surface area contributed by atoms with Gasteiger partial charge in [-0.1, -0.05) is 0 Å². The van der Waals surface area contributed by atoms with Gasteiger partial charge in [0.15, 0.2) is 0 Å². The van der Waals surface area contributed by atoms with Crippen molar-refractivity contribution in [3.63, 3.8) is 0 Å².